The van der Waals surface area contributed by atoms with E-state index in [0.717, 1.165) is 22.4 Å². The molecule has 1 N–H and O–H groups in total. The van der Waals surface area contributed by atoms with Crippen LogP contribution in [0, 0.1) is 0 Å². The van der Waals surface area contributed by atoms with E-state index in [1.54, 1.807) is 0 Å². The van der Waals surface area contributed by atoms with Gasteiger partial charge in [0.2, 0.25) is 5.91 Å². The van der Waals surface area contributed by atoms with Crippen LogP contribution in [0.15, 0.2) is 48.5 Å². The predicted molar refractivity (Wildman–Crippen MR) is 77.3 cm³/mol. The van der Waals surface area contributed by atoms with Gasteiger partial charge in [-0.3, -0.25) is 4.79 Å². The number of hydrogen-bond donors (Lipinski definition) is 1. The van der Waals surface area contributed by atoms with Crippen molar-refractivity contribution in [3.63, 3.8) is 0 Å². The van der Waals surface area contributed by atoms with Crippen LogP contribution in [0.4, 0.5) is 5.69 Å². The molecule has 0 bridgehead atoms. The van der Waals surface area contributed by atoms with Gasteiger partial charge in [0, 0.05) is 11.3 Å². The molecule has 0 aliphatic carbocycles. The molecule has 1 heterocycles. The minimum absolute atomic E-state index is 0.0444. The van der Waals surface area contributed by atoms with Crippen LogP contribution in [-0.2, 0) is 4.79 Å². The van der Waals surface area contributed by atoms with Gasteiger partial charge in [-0.25, -0.2) is 0 Å². The average molecular weight is 335 g/mol. The van der Waals surface area contributed by atoms with E-state index in [-0.39, 0.29) is 9.83 Å². The normalized spacial score (nSPS) is 17.7. The summed E-state index contributed by atoms with van der Waals surface area (Å²) < 4.78 is -0.142. The maximum Gasteiger partial charge on any atom is 0.241 e. The molecule has 0 spiro atoms. The van der Waals surface area contributed by atoms with Crippen molar-refractivity contribution < 1.29 is 4.79 Å². The summed E-state index contributed by atoms with van der Waals surface area (Å²) in [5.74, 6) is 0.0444. The molecule has 2 aromatic rings. The molecule has 0 fully saturated rings. The minimum Gasteiger partial charge on any atom is -0.324 e. The maximum absolute atomic E-state index is 12.0. The first kappa shape index (κ1) is 10.8. The second-order valence-electron chi connectivity index (χ2n) is 3.98. The number of rotatable bonds is 0. The number of fused-ring (bicyclic) bond motifs is 3. The molecule has 1 amide bonds. The molecule has 1 atom stereocenters. The van der Waals surface area contributed by atoms with Gasteiger partial charge in [-0.15, -0.1) is 0 Å². The summed E-state index contributed by atoms with van der Waals surface area (Å²) in [5.41, 5.74) is 4.20. The smallest absolute Gasteiger partial charge is 0.241 e. The van der Waals surface area contributed by atoms with Crippen LogP contribution < -0.4 is 5.32 Å². The molecule has 1 aliphatic rings. The van der Waals surface area contributed by atoms with Crippen LogP contribution in [-0.4, -0.2) is 5.91 Å². The lowest BCUT2D eigenvalue weighted by Gasteiger charge is -2.09. The Balaban J connectivity index is 2.33. The van der Waals surface area contributed by atoms with E-state index in [4.69, 9.17) is 0 Å². The molecule has 2 nitrogen and oxygen atoms in total. The average Bonchev–Trinajstić information content (AvgIpc) is 2.48. The summed E-state index contributed by atoms with van der Waals surface area (Å²) in [7, 11) is 0. The molecule has 3 heteroatoms. The minimum atomic E-state index is -0.142. The third kappa shape index (κ3) is 1.74. The van der Waals surface area contributed by atoms with Crippen LogP contribution in [0.5, 0.6) is 0 Å². The predicted octanol–water partition coefficient (Wildman–Crippen LogP) is 3.78. The fourth-order valence-electron chi connectivity index (χ4n) is 2.13. The standard InChI is InChI=1S/C14H10INO/c15-13-11-7-2-1-5-9(11)10-6-3-4-8-12(10)16-14(13)17/h1-8,13H,(H,16,17). The van der Waals surface area contributed by atoms with Gasteiger partial charge in [-0.2, -0.15) is 0 Å². The van der Waals surface area contributed by atoms with E-state index in [2.05, 4.69) is 34.0 Å². The number of anilines is 1. The Morgan fingerprint density at radius 1 is 0.941 bits per heavy atom. The molecule has 3 rings (SSSR count). The number of carbonyl (C=O) groups is 1. The number of benzene rings is 2. The van der Waals surface area contributed by atoms with Gasteiger partial charge < -0.3 is 5.32 Å². The van der Waals surface area contributed by atoms with Gasteiger partial charge in [-0.1, -0.05) is 65.1 Å². The third-order valence-corrected chi connectivity index (χ3v) is 4.18. The molecular weight excluding hydrogens is 325 g/mol. The van der Waals surface area contributed by atoms with Crippen LogP contribution in [0.3, 0.4) is 0 Å². The molecule has 1 aliphatic heterocycles. The van der Waals surface area contributed by atoms with Crippen LogP contribution >= 0.6 is 22.6 Å². The van der Waals surface area contributed by atoms with Crippen LogP contribution in [0.2, 0.25) is 0 Å². The molecule has 0 aromatic heterocycles. The van der Waals surface area contributed by atoms with Gasteiger partial charge in [0.1, 0.15) is 3.92 Å². The fourth-order valence-corrected chi connectivity index (χ4v) is 2.83. The summed E-state index contributed by atoms with van der Waals surface area (Å²) in [4.78, 5) is 12.0. The lowest BCUT2D eigenvalue weighted by atomic mass is 9.98. The zero-order chi connectivity index (χ0) is 11.8. The van der Waals surface area contributed by atoms with Gasteiger partial charge in [0.25, 0.3) is 0 Å². The lowest BCUT2D eigenvalue weighted by Crippen LogP contribution is -2.15. The Morgan fingerprint density at radius 2 is 1.59 bits per heavy atom. The molecule has 17 heavy (non-hydrogen) atoms. The van der Waals surface area contributed by atoms with Crippen molar-refractivity contribution in [2.75, 3.05) is 5.32 Å². The van der Waals surface area contributed by atoms with Gasteiger partial charge >= 0.3 is 0 Å². The Bertz CT molecular complexity index is 594. The topological polar surface area (TPSA) is 29.1 Å². The zero-order valence-electron chi connectivity index (χ0n) is 8.98. The van der Waals surface area contributed by atoms with E-state index in [1.165, 1.54) is 0 Å². The van der Waals surface area contributed by atoms with Gasteiger partial charge in [0.15, 0.2) is 0 Å². The van der Waals surface area contributed by atoms with Crippen molar-refractivity contribution in [3.8, 4) is 11.1 Å². The summed E-state index contributed by atoms with van der Waals surface area (Å²) in [6.45, 7) is 0. The van der Waals surface area contributed by atoms with Crippen molar-refractivity contribution >= 4 is 34.2 Å². The van der Waals surface area contributed by atoms with Gasteiger partial charge in [0.05, 0.1) is 0 Å². The molecule has 84 valence electrons. The zero-order valence-corrected chi connectivity index (χ0v) is 11.1. The molecule has 0 radical (unpaired) electrons. The van der Waals surface area contributed by atoms with E-state index in [9.17, 15) is 4.79 Å². The summed E-state index contributed by atoms with van der Waals surface area (Å²) >= 11 is 2.19. The lowest BCUT2D eigenvalue weighted by molar-refractivity contribution is -0.115. The van der Waals surface area contributed by atoms with Crippen LogP contribution in [0.1, 0.15) is 9.49 Å². The second-order valence-corrected chi connectivity index (χ2v) is 5.23. The van der Waals surface area contributed by atoms with E-state index in [0.29, 0.717) is 0 Å². The van der Waals surface area contributed by atoms with Crippen molar-refractivity contribution in [1.82, 2.24) is 0 Å². The summed E-state index contributed by atoms with van der Waals surface area (Å²) in [6, 6.07) is 16.0. The maximum atomic E-state index is 12.0. The number of nitrogens with one attached hydrogen (secondary N) is 1. The quantitative estimate of drug-likeness (QED) is 0.576. The van der Waals surface area contributed by atoms with Crippen molar-refractivity contribution in [3.05, 3.63) is 54.1 Å². The monoisotopic (exact) mass is 335 g/mol. The highest BCUT2D eigenvalue weighted by Crippen LogP contribution is 2.40. The Labute approximate surface area is 113 Å². The molecule has 1 unspecified atom stereocenters. The first-order valence-corrected chi connectivity index (χ1v) is 6.65. The number of halogens is 1. The Hall–Kier alpha value is -1.36. The van der Waals surface area contributed by atoms with Crippen molar-refractivity contribution in [1.29, 1.82) is 0 Å². The number of hydrogen-bond acceptors (Lipinski definition) is 1. The first-order valence-electron chi connectivity index (χ1n) is 5.40. The van der Waals surface area contributed by atoms with E-state index in [1.807, 2.05) is 42.5 Å². The first-order chi connectivity index (χ1) is 8.27. The number of carbonyl (C=O) groups excluding carboxylic acids is 1. The highest BCUT2D eigenvalue weighted by Gasteiger charge is 2.25. The van der Waals surface area contributed by atoms with Crippen molar-refractivity contribution in [2.24, 2.45) is 0 Å². The second kappa shape index (κ2) is 4.14. The highest BCUT2D eigenvalue weighted by molar-refractivity contribution is 14.1. The fraction of sp³-hybridized carbons (Fsp3) is 0.0714. The van der Waals surface area contributed by atoms with E-state index < -0.39 is 0 Å². The molecule has 2 aromatic carbocycles. The number of amides is 1. The largest absolute Gasteiger partial charge is 0.324 e. The van der Waals surface area contributed by atoms with Gasteiger partial charge in [-0.05, 0) is 17.2 Å². The molecule has 0 saturated carbocycles. The SMILES string of the molecule is O=C1Nc2ccccc2-c2ccccc2C1I. The number of alkyl halides is 1. The Morgan fingerprint density at radius 3 is 2.41 bits per heavy atom. The van der Waals surface area contributed by atoms with Crippen LogP contribution in [0.25, 0.3) is 11.1 Å². The highest BCUT2D eigenvalue weighted by atomic mass is 127. The number of para-hydroxylation sites is 1. The third-order valence-electron chi connectivity index (χ3n) is 2.94. The van der Waals surface area contributed by atoms with Crippen molar-refractivity contribution in [2.45, 2.75) is 3.92 Å². The summed E-state index contributed by atoms with van der Waals surface area (Å²) in [6.07, 6.45) is 0. The summed E-state index contributed by atoms with van der Waals surface area (Å²) in [5, 5.41) is 2.97. The molecule has 0 saturated heterocycles. The van der Waals surface area contributed by atoms with E-state index >= 15 is 0 Å². The Kier molecular flexibility index (Phi) is 2.63. The molecular formula is C14H10INO.